The Morgan fingerprint density at radius 3 is 2.30 bits per heavy atom. The van der Waals surface area contributed by atoms with E-state index in [0.29, 0.717) is 27.8 Å². The number of sulfonamides is 1. The van der Waals surface area contributed by atoms with Gasteiger partial charge < -0.3 is 10.2 Å². The predicted octanol–water partition coefficient (Wildman–Crippen LogP) is 6.14. The Balaban J connectivity index is 2.04. The van der Waals surface area contributed by atoms with E-state index in [2.05, 4.69) is 5.32 Å². The lowest BCUT2D eigenvalue weighted by atomic mass is 10.1. The largest absolute Gasteiger partial charge is 0.354 e. The molecule has 40 heavy (non-hydrogen) atoms. The second-order valence-electron chi connectivity index (χ2n) is 9.63. The summed E-state index contributed by atoms with van der Waals surface area (Å²) < 4.78 is 29.0. The molecule has 0 saturated carbocycles. The van der Waals surface area contributed by atoms with Gasteiger partial charge in [0.05, 0.1) is 20.6 Å². The summed E-state index contributed by atoms with van der Waals surface area (Å²) in [6.07, 6.45) is 1.71. The van der Waals surface area contributed by atoms with Crippen molar-refractivity contribution in [3.05, 3.63) is 93.5 Å². The van der Waals surface area contributed by atoms with Gasteiger partial charge in [-0.15, -0.1) is 0 Å². The maximum Gasteiger partial charge on any atom is 0.264 e. The first-order valence-electron chi connectivity index (χ1n) is 13.1. The third kappa shape index (κ3) is 7.56. The molecule has 0 aliphatic carbocycles. The molecular formula is C30H35Cl2N3O4S. The van der Waals surface area contributed by atoms with Crippen molar-refractivity contribution in [1.29, 1.82) is 0 Å². The summed E-state index contributed by atoms with van der Waals surface area (Å²) >= 11 is 12.3. The van der Waals surface area contributed by atoms with Crippen LogP contribution in [0.25, 0.3) is 0 Å². The maximum absolute atomic E-state index is 14.0. The Labute approximate surface area is 247 Å². The van der Waals surface area contributed by atoms with Gasteiger partial charge in [0.25, 0.3) is 10.0 Å². The van der Waals surface area contributed by atoms with Gasteiger partial charge in [0.15, 0.2) is 0 Å². The van der Waals surface area contributed by atoms with Gasteiger partial charge in [-0.25, -0.2) is 8.42 Å². The number of hydrogen-bond acceptors (Lipinski definition) is 4. The molecule has 1 atom stereocenters. The average molecular weight is 605 g/mol. The fraction of sp³-hybridized carbons (Fsp3) is 0.333. The van der Waals surface area contributed by atoms with E-state index < -0.39 is 28.5 Å². The number of aryl methyl sites for hydroxylation is 1. The zero-order chi connectivity index (χ0) is 29.4. The fourth-order valence-corrected chi connectivity index (χ4v) is 6.01. The molecule has 0 heterocycles. The number of benzene rings is 3. The topological polar surface area (TPSA) is 86.8 Å². The SMILES string of the molecule is CCCCNC(=O)[C@@H](C)N(Cc1ccc(Cl)c(Cl)c1)C(=O)CN(c1cccc(C)c1C)S(=O)(=O)c1ccccc1. The summed E-state index contributed by atoms with van der Waals surface area (Å²) in [5.74, 6) is -0.865. The van der Waals surface area contributed by atoms with Crippen LogP contribution >= 0.6 is 23.2 Å². The lowest BCUT2D eigenvalue weighted by Crippen LogP contribution is -2.51. The van der Waals surface area contributed by atoms with Crippen LogP contribution in [-0.2, 0) is 26.2 Å². The average Bonchev–Trinajstić information content (AvgIpc) is 2.94. The van der Waals surface area contributed by atoms with Gasteiger partial charge in [-0.3, -0.25) is 13.9 Å². The molecule has 1 N–H and O–H groups in total. The van der Waals surface area contributed by atoms with Crippen molar-refractivity contribution in [3.8, 4) is 0 Å². The highest BCUT2D eigenvalue weighted by molar-refractivity contribution is 7.92. The van der Waals surface area contributed by atoms with E-state index in [9.17, 15) is 18.0 Å². The first-order valence-corrected chi connectivity index (χ1v) is 15.3. The maximum atomic E-state index is 14.0. The van der Waals surface area contributed by atoms with E-state index in [0.717, 1.165) is 28.3 Å². The monoisotopic (exact) mass is 603 g/mol. The predicted molar refractivity (Wildman–Crippen MR) is 161 cm³/mol. The number of unbranched alkanes of at least 4 members (excludes halogenated alkanes) is 1. The molecular weight excluding hydrogens is 569 g/mol. The molecule has 3 aromatic rings. The number of carbonyl (C=O) groups excluding carboxylic acids is 2. The quantitative estimate of drug-likeness (QED) is 0.252. The Morgan fingerprint density at radius 1 is 0.950 bits per heavy atom. The first-order chi connectivity index (χ1) is 19.0. The lowest BCUT2D eigenvalue weighted by Gasteiger charge is -2.32. The Kier molecular flexibility index (Phi) is 11.0. The molecule has 0 aliphatic rings. The summed E-state index contributed by atoms with van der Waals surface area (Å²) in [4.78, 5) is 28.5. The standard InChI is InChI=1S/C30H35Cl2N3O4S/c1-5-6-17-33-30(37)23(4)34(19-24-15-16-26(31)27(32)18-24)29(36)20-35(28-14-10-11-21(2)22(28)3)40(38,39)25-12-8-7-9-13-25/h7-16,18,23H,5-6,17,19-20H2,1-4H3,(H,33,37)/t23-/m1/s1. The van der Waals surface area contributed by atoms with Crippen LogP contribution in [0, 0.1) is 13.8 Å². The van der Waals surface area contributed by atoms with E-state index in [-0.39, 0.29) is 17.3 Å². The zero-order valence-electron chi connectivity index (χ0n) is 23.2. The molecule has 2 amide bonds. The first kappa shape index (κ1) is 31.5. The summed E-state index contributed by atoms with van der Waals surface area (Å²) in [7, 11) is -4.12. The molecule has 0 spiro atoms. The molecule has 0 aliphatic heterocycles. The molecule has 0 bridgehead atoms. The molecule has 0 saturated heterocycles. The Hall–Kier alpha value is -3.07. The third-order valence-electron chi connectivity index (χ3n) is 6.79. The Bertz CT molecular complexity index is 1450. The number of anilines is 1. The molecule has 0 aromatic heterocycles. The normalized spacial score (nSPS) is 12.1. The minimum atomic E-state index is -4.12. The number of amides is 2. The molecule has 7 nitrogen and oxygen atoms in total. The second kappa shape index (κ2) is 14.0. The second-order valence-corrected chi connectivity index (χ2v) is 12.3. The van der Waals surface area contributed by atoms with Crippen molar-refractivity contribution >= 4 is 50.7 Å². The third-order valence-corrected chi connectivity index (χ3v) is 9.30. The number of carbonyl (C=O) groups is 2. The number of nitrogens with zero attached hydrogens (tertiary/aromatic N) is 2. The van der Waals surface area contributed by atoms with Crippen LogP contribution in [-0.4, -0.2) is 44.3 Å². The van der Waals surface area contributed by atoms with E-state index in [1.54, 1.807) is 55.5 Å². The van der Waals surface area contributed by atoms with Crippen molar-refractivity contribution in [3.63, 3.8) is 0 Å². The van der Waals surface area contributed by atoms with Crippen molar-refractivity contribution in [2.24, 2.45) is 0 Å². The molecule has 0 radical (unpaired) electrons. The molecule has 214 valence electrons. The number of halogens is 2. The van der Waals surface area contributed by atoms with Gasteiger partial charge in [0.1, 0.15) is 12.6 Å². The molecule has 0 unspecified atom stereocenters. The van der Waals surface area contributed by atoms with Crippen LogP contribution in [0.3, 0.4) is 0 Å². The summed E-state index contributed by atoms with van der Waals surface area (Å²) in [6, 6.07) is 17.4. The van der Waals surface area contributed by atoms with Crippen molar-refractivity contribution in [1.82, 2.24) is 10.2 Å². The van der Waals surface area contributed by atoms with Crippen molar-refractivity contribution in [2.75, 3.05) is 17.4 Å². The molecule has 10 heteroatoms. The highest BCUT2D eigenvalue weighted by atomic mass is 35.5. The fourth-order valence-electron chi connectivity index (χ4n) is 4.19. The highest BCUT2D eigenvalue weighted by Crippen LogP contribution is 2.29. The van der Waals surface area contributed by atoms with Crippen LogP contribution < -0.4 is 9.62 Å². The van der Waals surface area contributed by atoms with Crippen molar-refractivity contribution < 1.29 is 18.0 Å². The summed E-state index contributed by atoms with van der Waals surface area (Å²) in [5.41, 5.74) is 2.66. The summed E-state index contributed by atoms with van der Waals surface area (Å²) in [5, 5.41) is 3.55. The molecule has 0 fully saturated rings. The van der Waals surface area contributed by atoms with Gasteiger partial charge in [0, 0.05) is 13.1 Å². The van der Waals surface area contributed by atoms with Gasteiger partial charge in [0.2, 0.25) is 11.8 Å². The van der Waals surface area contributed by atoms with Crippen LogP contribution in [0.5, 0.6) is 0 Å². The number of rotatable bonds is 12. The lowest BCUT2D eigenvalue weighted by molar-refractivity contribution is -0.139. The number of nitrogens with one attached hydrogen (secondary N) is 1. The minimum absolute atomic E-state index is 0.0319. The van der Waals surface area contributed by atoms with Crippen LogP contribution in [0.15, 0.2) is 71.6 Å². The van der Waals surface area contributed by atoms with Crippen molar-refractivity contribution in [2.45, 2.75) is 58.0 Å². The van der Waals surface area contributed by atoms with E-state index >= 15 is 0 Å². The molecule has 3 rings (SSSR count). The summed E-state index contributed by atoms with van der Waals surface area (Å²) in [6.45, 7) is 7.35. The van der Waals surface area contributed by atoms with Gasteiger partial charge >= 0.3 is 0 Å². The van der Waals surface area contributed by atoms with E-state index in [4.69, 9.17) is 23.2 Å². The number of hydrogen-bond donors (Lipinski definition) is 1. The van der Waals surface area contributed by atoms with Gasteiger partial charge in [-0.05, 0) is 74.2 Å². The Morgan fingerprint density at radius 2 is 1.65 bits per heavy atom. The zero-order valence-corrected chi connectivity index (χ0v) is 25.5. The van der Waals surface area contributed by atoms with Gasteiger partial charge in [-0.2, -0.15) is 0 Å². The van der Waals surface area contributed by atoms with Crippen LogP contribution in [0.2, 0.25) is 10.0 Å². The molecule has 3 aromatic carbocycles. The van der Waals surface area contributed by atoms with Crippen LogP contribution in [0.1, 0.15) is 43.4 Å². The van der Waals surface area contributed by atoms with Gasteiger partial charge in [-0.1, -0.05) is 72.9 Å². The van der Waals surface area contributed by atoms with Crippen LogP contribution in [0.4, 0.5) is 5.69 Å². The van der Waals surface area contributed by atoms with E-state index in [1.165, 1.54) is 17.0 Å². The highest BCUT2D eigenvalue weighted by Gasteiger charge is 2.33. The smallest absolute Gasteiger partial charge is 0.264 e. The minimum Gasteiger partial charge on any atom is -0.354 e. The van der Waals surface area contributed by atoms with E-state index in [1.807, 2.05) is 26.8 Å².